The first-order valence-electron chi connectivity index (χ1n) is 10.4. The lowest BCUT2D eigenvalue weighted by molar-refractivity contribution is -0.142. The van der Waals surface area contributed by atoms with Gasteiger partial charge in [0.25, 0.3) is 5.91 Å². The summed E-state index contributed by atoms with van der Waals surface area (Å²) >= 11 is 0. The molecule has 1 aliphatic rings. The lowest BCUT2D eigenvalue weighted by Crippen LogP contribution is -2.38. The number of aromatic nitrogens is 1. The van der Waals surface area contributed by atoms with Crippen LogP contribution in [0, 0.1) is 0 Å². The molecule has 166 valence electrons. The first-order valence-corrected chi connectivity index (χ1v) is 10.4. The standard InChI is InChI=1S/C25H26N2O5/c1-30-21-12-16(13-22(31-2)25(21)32-3)18(14-24(29)27-11-7-6-10-23(27)28)19-15-26-20-9-5-4-8-17(19)20/h4-6,8-10,12-13,15,18,26H,7,11,14H2,1-3H3. The smallest absolute Gasteiger partial charge is 0.252 e. The van der Waals surface area contributed by atoms with Crippen molar-refractivity contribution in [3.05, 3.63) is 65.9 Å². The maximum absolute atomic E-state index is 13.2. The van der Waals surface area contributed by atoms with E-state index in [9.17, 15) is 9.59 Å². The number of nitrogens with one attached hydrogen (secondary N) is 1. The predicted molar refractivity (Wildman–Crippen MR) is 121 cm³/mol. The summed E-state index contributed by atoms with van der Waals surface area (Å²) in [5, 5.41) is 1.02. The van der Waals surface area contributed by atoms with Gasteiger partial charge in [-0.1, -0.05) is 24.3 Å². The van der Waals surface area contributed by atoms with Crippen LogP contribution in [0.3, 0.4) is 0 Å². The summed E-state index contributed by atoms with van der Waals surface area (Å²) in [7, 11) is 4.67. The van der Waals surface area contributed by atoms with Gasteiger partial charge in [0, 0.05) is 36.0 Å². The van der Waals surface area contributed by atoms with Gasteiger partial charge >= 0.3 is 0 Å². The molecule has 0 bridgehead atoms. The van der Waals surface area contributed by atoms with Crippen molar-refractivity contribution in [2.45, 2.75) is 18.8 Å². The Morgan fingerprint density at radius 2 is 1.81 bits per heavy atom. The Bertz CT molecular complexity index is 1160. The molecule has 0 radical (unpaired) electrons. The van der Waals surface area contributed by atoms with Crippen molar-refractivity contribution < 1.29 is 23.8 Å². The number of methoxy groups -OCH3 is 3. The molecule has 1 aliphatic heterocycles. The zero-order valence-electron chi connectivity index (χ0n) is 18.4. The Kier molecular flexibility index (Phi) is 6.16. The Morgan fingerprint density at radius 1 is 1.09 bits per heavy atom. The second-order valence-electron chi connectivity index (χ2n) is 7.58. The summed E-state index contributed by atoms with van der Waals surface area (Å²) in [5.41, 5.74) is 2.77. The highest BCUT2D eigenvalue weighted by molar-refractivity contribution is 6.02. The number of ether oxygens (including phenoxy) is 3. The topological polar surface area (TPSA) is 80.9 Å². The Hall–Kier alpha value is -3.74. The molecular weight excluding hydrogens is 408 g/mol. The molecule has 1 N–H and O–H groups in total. The molecule has 0 aliphatic carbocycles. The summed E-state index contributed by atoms with van der Waals surface area (Å²) < 4.78 is 16.5. The summed E-state index contributed by atoms with van der Waals surface area (Å²) in [5.74, 6) is 0.685. The molecule has 0 spiro atoms. The number of hydrogen-bond donors (Lipinski definition) is 1. The molecule has 7 nitrogen and oxygen atoms in total. The van der Waals surface area contributed by atoms with Gasteiger partial charge in [-0.2, -0.15) is 0 Å². The van der Waals surface area contributed by atoms with E-state index < -0.39 is 0 Å². The monoisotopic (exact) mass is 434 g/mol. The maximum Gasteiger partial charge on any atom is 0.252 e. The van der Waals surface area contributed by atoms with Crippen LogP contribution in [0.2, 0.25) is 0 Å². The van der Waals surface area contributed by atoms with Crippen molar-refractivity contribution in [3.63, 3.8) is 0 Å². The van der Waals surface area contributed by atoms with Crippen LogP contribution in [0.5, 0.6) is 17.2 Å². The van der Waals surface area contributed by atoms with Crippen LogP contribution in [-0.4, -0.2) is 49.6 Å². The molecule has 2 amide bonds. The molecular formula is C25H26N2O5. The summed E-state index contributed by atoms with van der Waals surface area (Å²) in [6.45, 7) is 0.393. The van der Waals surface area contributed by atoms with E-state index >= 15 is 0 Å². The van der Waals surface area contributed by atoms with Gasteiger partial charge in [0.1, 0.15) is 0 Å². The van der Waals surface area contributed by atoms with E-state index in [1.165, 1.54) is 11.0 Å². The molecule has 3 aromatic rings. The molecule has 0 fully saturated rings. The molecule has 1 unspecified atom stereocenters. The fourth-order valence-electron chi connectivity index (χ4n) is 4.21. The Balaban J connectivity index is 1.82. The zero-order chi connectivity index (χ0) is 22.7. The molecule has 2 aromatic carbocycles. The van der Waals surface area contributed by atoms with Crippen LogP contribution in [0.4, 0.5) is 0 Å². The van der Waals surface area contributed by atoms with Crippen molar-refractivity contribution in [1.82, 2.24) is 9.88 Å². The number of imide groups is 1. The van der Waals surface area contributed by atoms with E-state index in [1.807, 2.05) is 42.6 Å². The van der Waals surface area contributed by atoms with E-state index in [1.54, 1.807) is 27.4 Å². The van der Waals surface area contributed by atoms with Gasteiger partial charge < -0.3 is 19.2 Å². The Morgan fingerprint density at radius 3 is 2.47 bits per heavy atom. The summed E-state index contributed by atoms with van der Waals surface area (Å²) in [4.78, 5) is 30.1. The third kappa shape index (κ3) is 3.93. The Labute approximate surface area is 186 Å². The number of rotatable bonds is 7. The van der Waals surface area contributed by atoms with Crippen molar-refractivity contribution >= 4 is 22.7 Å². The first kappa shape index (κ1) is 21.5. The third-order valence-electron chi connectivity index (χ3n) is 5.81. The molecule has 1 aromatic heterocycles. The SMILES string of the molecule is COc1cc(C(CC(=O)N2CCC=CC2=O)c2c[nH]c3ccccc23)cc(OC)c1OC. The molecule has 1 atom stereocenters. The van der Waals surface area contributed by atoms with Crippen molar-refractivity contribution in [2.75, 3.05) is 27.9 Å². The first-order chi connectivity index (χ1) is 15.6. The van der Waals surface area contributed by atoms with Crippen molar-refractivity contribution in [3.8, 4) is 17.2 Å². The van der Waals surface area contributed by atoms with Gasteiger partial charge in [-0.25, -0.2) is 0 Å². The van der Waals surface area contributed by atoms with Crippen LogP contribution in [0.1, 0.15) is 29.9 Å². The fraction of sp³-hybridized carbons (Fsp3) is 0.280. The van der Waals surface area contributed by atoms with E-state index in [-0.39, 0.29) is 24.2 Å². The van der Waals surface area contributed by atoms with Crippen molar-refractivity contribution in [2.24, 2.45) is 0 Å². The molecule has 0 saturated heterocycles. The highest BCUT2D eigenvalue weighted by Crippen LogP contribution is 2.43. The number of H-pyrrole nitrogens is 1. The molecule has 7 heteroatoms. The van der Waals surface area contributed by atoms with Crippen LogP contribution in [0.15, 0.2) is 54.7 Å². The van der Waals surface area contributed by atoms with Crippen LogP contribution in [-0.2, 0) is 9.59 Å². The van der Waals surface area contributed by atoms with Gasteiger partial charge in [0.05, 0.1) is 21.3 Å². The number of hydrogen-bond acceptors (Lipinski definition) is 5. The average molecular weight is 434 g/mol. The summed E-state index contributed by atoms with van der Waals surface area (Å²) in [6.07, 6.45) is 5.97. The van der Waals surface area contributed by atoms with E-state index in [0.717, 1.165) is 22.0 Å². The molecule has 2 heterocycles. The largest absolute Gasteiger partial charge is 0.493 e. The van der Waals surface area contributed by atoms with Gasteiger partial charge in [-0.3, -0.25) is 14.5 Å². The minimum absolute atomic E-state index is 0.125. The zero-order valence-corrected chi connectivity index (χ0v) is 18.4. The average Bonchev–Trinajstić information content (AvgIpc) is 3.25. The van der Waals surface area contributed by atoms with Gasteiger partial charge in [0.15, 0.2) is 11.5 Å². The van der Waals surface area contributed by atoms with Gasteiger partial charge in [-0.05, 0) is 41.8 Å². The van der Waals surface area contributed by atoms with Gasteiger partial charge in [0.2, 0.25) is 11.7 Å². The normalized spacial score (nSPS) is 14.5. The molecule has 4 rings (SSSR count). The molecule has 0 saturated carbocycles. The number of amides is 2. The van der Waals surface area contributed by atoms with E-state index in [4.69, 9.17) is 14.2 Å². The number of para-hydroxylation sites is 1. The second kappa shape index (κ2) is 9.18. The predicted octanol–water partition coefficient (Wildman–Crippen LogP) is 4.03. The lowest BCUT2D eigenvalue weighted by atomic mass is 9.87. The van der Waals surface area contributed by atoms with E-state index in [0.29, 0.717) is 30.2 Å². The van der Waals surface area contributed by atoms with Crippen LogP contribution >= 0.6 is 0 Å². The highest BCUT2D eigenvalue weighted by atomic mass is 16.5. The maximum atomic E-state index is 13.2. The quantitative estimate of drug-likeness (QED) is 0.607. The van der Waals surface area contributed by atoms with Crippen LogP contribution < -0.4 is 14.2 Å². The highest BCUT2D eigenvalue weighted by Gasteiger charge is 2.29. The minimum atomic E-state index is -0.328. The van der Waals surface area contributed by atoms with Crippen molar-refractivity contribution in [1.29, 1.82) is 0 Å². The third-order valence-corrected chi connectivity index (χ3v) is 5.81. The minimum Gasteiger partial charge on any atom is -0.493 e. The van der Waals surface area contributed by atoms with Gasteiger partial charge in [-0.15, -0.1) is 0 Å². The number of benzene rings is 2. The van der Waals surface area contributed by atoms with Crippen LogP contribution in [0.25, 0.3) is 10.9 Å². The number of aromatic amines is 1. The number of fused-ring (bicyclic) bond motifs is 1. The number of nitrogens with zero attached hydrogens (tertiary/aromatic N) is 1. The fourth-order valence-corrected chi connectivity index (χ4v) is 4.21. The van der Waals surface area contributed by atoms with E-state index in [2.05, 4.69) is 4.98 Å². The number of carbonyl (C=O) groups excluding carboxylic acids is 2. The number of carbonyl (C=O) groups is 2. The molecule has 32 heavy (non-hydrogen) atoms. The second-order valence-corrected chi connectivity index (χ2v) is 7.58. The lowest BCUT2D eigenvalue weighted by Gasteiger charge is -2.25. The summed E-state index contributed by atoms with van der Waals surface area (Å²) in [6, 6.07) is 11.7.